The molecule has 6 rings (SSSR count). The highest BCUT2D eigenvalue weighted by molar-refractivity contribution is 5.71. The van der Waals surface area contributed by atoms with Gasteiger partial charge in [-0.1, -0.05) is 0 Å². The summed E-state index contributed by atoms with van der Waals surface area (Å²) < 4.78 is 29.6. The van der Waals surface area contributed by atoms with Crippen LogP contribution in [-0.4, -0.2) is 41.7 Å². The quantitative estimate of drug-likeness (QED) is 0.834. The number of anilines is 2. The van der Waals surface area contributed by atoms with E-state index in [9.17, 15) is 18.8 Å². The number of rotatable bonds is 4. The van der Waals surface area contributed by atoms with Crippen LogP contribution in [0.4, 0.5) is 20.4 Å². The molecule has 4 heterocycles. The van der Waals surface area contributed by atoms with Crippen LogP contribution < -0.4 is 9.80 Å². The summed E-state index contributed by atoms with van der Waals surface area (Å²) in [4.78, 5) is 20.0. The van der Waals surface area contributed by atoms with Gasteiger partial charge in [0.05, 0.1) is 0 Å². The fourth-order valence-electron chi connectivity index (χ4n) is 5.75. The van der Waals surface area contributed by atoms with Crippen LogP contribution in [0.2, 0.25) is 0 Å². The molecule has 1 aromatic rings. The van der Waals surface area contributed by atoms with E-state index in [1.165, 1.54) is 0 Å². The second-order valence-corrected chi connectivity index (χ2v) is 9.06. The number of aromatic nitrogens is 1. The molecule has 0 aromatic carbocycles. The first kappa shape index (κ1) is 18.6. The van der Waals surface area contributed by atoms with Crippen molar-refractivity contribution in [1.82, 2.24) is 4.98 Å². The molecule has 3 aliphatic heterocycles. The molecule has 0 amide bonds. The average molecular weight is 402 g/mol. The molecule has 5 aliphatic rings. The highest BCUT2D eigenvalue weighted by Gasteiger charge is 2.50. The molecular weight excluding hydrogens is 378 g/mol. The van der Waals surface area contributed by atoms with Gasteiger partial charge in [-0.05, 0) is 43.9 Å². The van der Waals surface area contributed by atoms with Gasteiger partial charge >= 0.3 is 5.97 Å². The van der Waals surface area contributed by atoms with Gasteiger partial charge in [-0.15, -0.1) is 0 Å². The molecule has 6 nitrogen and oxygen atoms in total. The fourth-order valence-corrected chi connectivity index (χ4v) is 5.75. The topological polar surface area (TPSA) is 80.5 Å². The number of hydrogen-bond acceptors (Lipinski definition) is 5. The van der Waals surface area contributed by atoms with E-state index >= 15 is 0 Å². The Morgan fingerprint density at radius 1 is 1.34 bits per heavy atom. The van der Waals surface area contributed by atoms with Crippen LogP contribution in [0.1, 0.15) is 49.3 Å². The normalized spacial score (nSPS) is 31.5. The zero-order valence-corrected chi connectivity index (χ0v) is 16.4. The van der Waals surface area contributed by atoms with Crippen molar-refractivity contribution in [2.75, 3.05) is 29.4 Å². The van der Waals surface area contributed by atoms with Crippen LogP contribution >= 0.6 is 0 Å². The molecule has 2 unspecified atom stereocenters. The smallest absolute Gasteiger partial charge is 0.303 e. The highest BCUT2D eigenvalue weighted by atomic mass is 19.3. The number of nitrogens with zero attached hydrogens (tertiary/aromatic N) is 4. The predicted molar refractivity (Wildman–Crippen MR) is 102 cm³/mol. The number of alkyl halides is 2. The van der Waals surface area contributed by atoms with E-state index in [1.807, 2.05) is 17.9 Å². The molecule has 3 saturated heterocycles. The molecule has 8 heteroatoms. The molecule has 1 N–H and O–H groups in total. The Balaban J connectivity index is 1.55. The summed E-state index contributed by atoms with van der Waals surface area (Å²) >= 11 is 0. The second kappa shape index (κ2) is 6.28. The SMILES string of the molecule is CC1CCN1c1nc(N2C[C@H]3C[C@@H](C2)C3CC(=O)O)c2c(c1C#N)C(F)(F)CC2. The van der Waals surface area contributed by atoms with Crippen LogP contribution in [0.15, 0.2) is 0 Å². The third kappa shape index (κ3) is 2.70. The Bertz CT molecular complexity index is 916. The Morgan fingerprint density at radius 3 is 2.62 bits per heavy atom. The fraction of sp³-hybridized carbons (Fsp3) is 0.667. The minimum absolute atomic E-state index is 0.0312. The molecular formula is C21H24F2N4O2. The first-order valence-corrected chi connectivity index (χ1v) is 10.4. The maximum atomic E-state index is 14.8. The molecule has 1 saturated carbocycles. The van der Waals surface area contributed by atoms with E-state index in [1.54, 1.807) is 0 Å². The Labute approximate surface area is 168 Å². The van der Waals surface area contributed by atoms with E-state index in [0.717, 1.165) is 19.4 Å². The Kier molecular flexibility index (Phi) is 4.03. The number of pyridine rings is 1. The summed E-state index contributed by atoms with van der Waals surface area (Å²) in [7, 11) is 0. The molecule has 2 bridgehead atoms. The van der Waals surface area contributed by atoms with E-state index < -0.39 is 11.9 Å². The third-order valence-corrected chi connectivity index (χ3v) is 7.45. The summed E-state index contributed by atoms with van der Waals surface area (Å²) in [6.45, 7) is 4.04. The van der Waals surface area contributed by atoms with Gasteiger partial charge in [0, 0.05) is 49.6 Å². The standard InChI is InChI=1S/C21H24F2N4O2/c1-11-3-5-27(11)20-16(8-24)18-14(2-4-21(18,22)23)19(25-20)26-9-12-6-13(10-26)15(12)7-17(28)29/h11-13,15H,2-7,9-10H2,1H3,(H,28,29)/t11?,12-,13+,15?. The Hall–Kier alpha value is -2.43. The van der Waals surface area contributed by atoms with Gasteiger partial charge in [0.15, 0.2) is 0 Å². The number of aliphatic carboxylic acids is 1. The third-order valence-electron chi connectivity index (χ3n) is 7.45. The Morgan fingerprint density at radius 2 is 2.07 bits per heavy atom. The first-order valence-electron chi connectivity index (χ1n) is 10.4. The maximum Gasteiger partial charge on any atom is 0.303 e. The molecule has 4 fully saturated rings. The summed E-state index contributed by atoms with van der Waals surface area (Å²) in [5, 5.41) is 18.9. The lowest BCUT2D eigenvalue weighted by molar-refractivity contribution is -0.141. The molecule has 2 aliphatic carbocycles. The van der Waals surface area contributed by atoms with E-state index in [-0.39, 0.29) is 54.2 Å². The van der Waals surface area contributed by atoms with Crippen molar-refractivity contribution in [2.45, 2.75) is 51.0 Å². The van der Waals surface area contributed by atoms with Crippen LogP contribution in [-0.2, 0) is 17.1 Å². The van der Waals surface area contributed by atoms with E-state index in [0.29, 0.717) is 30.3 Å². The highest BCUT2D eigenvalue weighted by Crippen LogP contribution is 2.52. The number of carboxylic acids is 1. The first-order chi connectivity index (χ1) is 13.8. The van der Waals surface area contributed by atoms with Gasteiger partial charge in [-0.2, -0.15) is 5.26 Å². The number of piperidine rings is 2. The summed E-state index contributed by atoms with van der Waals surface area (Å²) in [6.07, 6.45) is 2.07. The van der Waals surface area contributed by atoms with Gasteiger partial charge in [0.2, 0.25) is 0 Å². The van der Waals surface area contributed by atoms with Gasteiger partial charge in [-0.25, -0.2) is 13.8 Å². The van der Waals surface area contributed by atoms with Crippen molar-refractivity contribution in [3.05, 3.63) is 16.7 Å². The van der Waals surface area contributed by atoms with Crippen LogP contribution in [0.5, 0.6) is 0 Å². The van der Waals surface area contributed by atoms with Crippen molar-refractivity contribution >= 4 is 17.6 Å². The van der Waals surface area contributed by atoms with Crippen LogP contribution in [0.3, 0.4) is 0 Å². The van der Waals surface area contributed by atoms with Crippen molar-refractivity contribution in [3.8, 4) is 6.07 Å². The van der Waals surface area contributed by atoms with Gasteiger partial charge in [-0.3, -0.25) is 4.79 Å². The van der Waals surface area contributed by atoms with Gasteiger partial charge in [0.1, 0.15) is 23.3 Å². The minimum atomic E-state index is -3.01. The lowest BCUT2D eigenvalue weighted by Gasteiger charge is -2.54. The van der Waals surface area contributed by atoms with Crippen molar-refractivity contribution < 1.29 is 18.7 Å². The molecule has 154 valence electrons. The lowest BCUT2D eigenvalue weighted by Crippen LogP contribution is -2.56. The van der Waals surface area contributed by atoms with Crippen molar-refractivity contribution in [3.63, 3.8) is 0 Å². The van der Waals surface area contributed by atoms with E-state index in [4.69, 9.17) is 10.1 Å². The largest absolute Gasteiger partial charge is 0.481 e. The van der Waals surface area contributed by atoms with Crippen molar-refractivity contribution in [2.24, 2.45) is 17.8 Å². The monoisotopic (exact) mass is 402 g/mol. The number of nitriles is 1. The van der Waals surface area contributed by atoms with Gasteiger partial charge < -0.3 is 14.9 Å². The summed E-state index contributed by atoms with van der Waals surface area (Å²) in [5.74, 6) is -2.09. The molecule has 0 spiro atoms. The zero-order valence-electron chi connectivity index (χ0n) is 16.4. The zero-order chi connectivity index (χ0) is 20.5. The van der Waals surface area contributed by atoms with Gasteiger partial charge in [0.25, 0.3) is 5.92 Å². The van der Waals surface area contributed by atoms with Crippen molar-refractivity contribution in [1.29, 1.82) is 5.26 Å². The number of hydrogen-bond donors (Lipinski definition) is 1. The minimum Gasteiger partial charge on any atom is -0.481 e. The van der Waals surface area contributed by atoms with E-state index in [2.05, 4.69) is 4.90 Å². The molecule has 4 atom stereocenters. The molecule has 0 radical (unpaired) electrons. The summed E-state index contributed by atoms with van der Waals surface area (Å²) in [6, 6.07) is 2.22. The number of halogens is 2. The average Bonchev–Trinajstić information content (AvgIpc) is 3.00. The summed E-state index contributed by atoms with van der Waals surface area (Å²) in [5.41, 5.74) is 0.420. The van der Waals surface area contributed by atoms with Crippen LogP contribution in [0.25, 0.3) is 0 Å². The predicted octanol–water partition coefficient (Wildman–Crippen LogP) is 3.14. The second-order valence-electron chi connectivity index (χ2n) is 9.06. The maximum absolute atomic E-state index is 14.8. The van der Waals surface area contributed by atoms with Crippen LogP contribution in [0, 0.1) is 29.1 Å². The molecule has 1 aromatic heterocycles. The number of carbonyl (C=O) groups is 1. The number of carboxylic acid groups (broad SMARTS) is 1. The number of fused-ring (bicyclic) bond motifs is 3. The lowest BCUT2D eigenvalue weighted by atomic mass is 9.60. The molecule has 29 heavy (non-hydrogen) atoms.